The monoisotopic (exact) mass is 450 g/mol. The van der Waals surface area contributed by atoms with Crippen molar-refractivity contribution in [1.82, 2.24) is 10.2 Å². The Balaban J connectivity index is 1.77. The van der Waals surface area contributed by atoms with Gasteiger partial charge in [0.1, 0.15) is 5.78 Å². The summed E-state index contributed by atoms with van der Waals surface area (Å²) < 4.78 is 5.36. The van der Waals surface area contributed by atoms with Crippen molar-refractivity contribution in [1.29, 1.82) is 0 Å². The number of amides is 2. The van der Waals surface area contributed by atoms with Crippen LogP contribution in [0.15, 0.2) is 42.5 Å². The van der Waals surface area contributed by atoms with Crippen molar-refractivity contribution in [3.05, 3.63) is 59.2 Å². The predicted molar refractivity (Wildman–Crippen MR) is 129 cm³/mol. The van der Waals surface area contributed by atoms with Gasteiger partial charge in [0.2, 0.25) is 5.91 Å². The second-order valence-electron chi connectivity index (χ2n) is 8.64. The summed E-state index contributed by atoms with van der Waals surface area (Å²) in [6, 6.07) is 14.3. The van der Waals surface area contributed by atoms with Gasteiger partial charge in [0.25, 0.3) is 0 Å². The Morgan fingerprint density at radius 1 is 1.18 bits per heavy atom. The highest BCUT2D eigenvalue weighted by molar-refractivity contribution is 5.89. The van der Waals surface area contributed by atoms with Crippen LogP contribution in [0.2, 0.25) is 0 Å². The lowest BCUT2D eigenvalue weighted by atomic mass is 9.85. The lowest BCUT2D eigenvalue weighted by molar-refractivity contribution is -0.123. The number of ketones is 1. The Morgan fingerprint density at radius 3 is 2.70 bits per heavy atom. The minimum absolute atomic E-state index is 0.0342. The fourth-order valence-corrected chi connectivity index (χ4v) is 4.29. The van der Waals surface area contributed by atoms with Gasteiger partial charge in [0, 0.05) is 33.0 Å². The van der Waals surface area contributed by atoms with Crippen LogP contribution in [-0.2, 0) is 20.7 Å². The van der Waals surface area contributed by atoms with Crippen molar-refractivity contribution in [2.24, 2.45) is 0 Å². The van der Waals surface area contributed by atoms with Gasteiger partial charge in [-0.05, 0) is 47.6 Å². The molecule has 2 aromatic carbocycles. The van der Waals surface area contributed by atoms with Crippen LogP contribution in [0, 0.1) is 6.92 Å². The van der Waals surface area contributed by atoms with Crippen LogP contribution < -0.4 is 5.32 Å². The number of hydrogen-bond donors (Lipinski definition) is 1. The van der Waals surface area contributed by atoms with Gasteiger partial charge in [-0.25, -0.2) is 4.79 Å². The highest BCUT2D eigenvalue weighted by Gasteiger charge is 2.32. The van der Waals surface area contributed by atoms with Crippen molar-refractivity contribution in [3.63, 3.8) is 0 Å². The third-order valence-electron chi connectivity index (χ3n) is 6.14. The van der Waals surface area contributed by atoms with Crippen LogP contribution in [0.4, 0.5) is 4.79 Å². The molecule has 0 spiro atoms. The van der Waals surface area contributed by atoms with E-state index in [4.69, 9.17) is 4.74 Å². The molecule has 1 atom stereocenters. The summed E-state index contributed by atoms with van der Waals surface area (Å²) in [5.41, 5.74) is 5.35. The van der Waals surface area contributed by atoms with E-state index in [1.807, 2.05) is 31.2 Å². The normalized spacial score (nSPS) is 15.9. The largest absolute Gasteiger partial charge is 0.449 e. The Hall–Kier alpha value is -3.15. The predicted octanol–water partition coefficient (Wildman–Crippen LogP) is 4.64. The molecular weight excluding hydrogens is 416 g/mol. The van der Waals surface area contributed by atoms with E-state index in [1.165, 1.54) is 6.92 Å². The molecule has 0 saturated carbocycles. The highest BCUT2D eigenvalue weighted by atomic mass is 16.6. The lowest BCUT2D eigenvalue weighted by Crippen LogP contribution is -2.43. The van der Waals surface area contributed by atoms with E-state index in [-0.39, 0.29) is 23.7 Å². The van der Waals surface area contributed by atoms with E-state index in [1.54, 1.807) is 4.90 Å². The molecule has 1 aliphatic heterocycles. The number of nitrogens with one attached hydrogen (secondary N) is 1. The molecule has 1 aliphatic rings. The second-order valence-corrected chi connectivity index (χ2v) is 8.64. The quantitative estimate of drug-likeness (QED) is 0.595. The summed E-state index contributed by atoms with van der Waals surface area (Å²) >= 11 is 0. The van der Waals surface area contributed by atoms with E-state index < -0.39 is 0 Å². The summed E-state index contributed by atoms with van der Waals surface area (Å²) in [5.74, 6) is -0.200. The van der Waals surface area contributed by atoms with E-state index >= 15 is 0 Å². The third kappa shape index (κ3) is 6.44. The number of nitrogens with zero attached hydrogens (tertiary/aromatic N) is 1. The maximum Gasteiger partial charge on any atom is 0.409 e. The molecule has 33 heavy (non-hydrogen) atoms. The molecule has 176 valence electrons. The molecule has 0 bridgehead atoms. The maximum atomic E-state index is 12.7. The number of benzene rings is 2. The number of carbonyl (C=O) groups is 3. The van der Waals surface area contributed by atoms with Crippen LogP contribution in [0.5, 0.6) is 0 Å². The number of rotatable bonds is 8. The molecule has 1 saturated heterocycles. The topological polar surface area (TPSA) is 75.7 Å². The second kappa shape index (κ2) is 11.6. The Bertz CT molecular complexity index is 1000. The number of likely N-dealkylation sites (tertiary alicyclic amines) is 1. The minimum atomic E-state index is -0.332. The minimum Gasteiger partial charge on any atom is -0.449 e. The molecule has 1 N–H and O–H groups in total. The first-order valence-electron chi connectivity index (χ1n) is 11.8. The molecule has 6 nitrogen and oxygen atoms in total. The zero-order valence-electron chi connectivity index (χ0n) is 19.9. The molecule has 3 rings (SSSR count). The van der Waals surface area contributed by atoms with Crippen molar-refractivity contribution in [2.75, 3.05) is 26.2 Å². The molecule has 1 fully saturated rings. The number of ether oxygens (including phenoxy) is 1. The van der Waals surface area contributed by atoms with Gasteiger partial charge < -0.3 is 15.0 Å². The van der Waals surface area contributed by atoms with Gasteiger partial charge in [-0.3, -0.25) is 9.59 Å². The number of hydrogen-bond acceptors (Lipinski definition) is 4. The molecule has 6 heteroatoms. The van der Waals surface area contributed by atoms with Gasteiger partial charge >= 0.3 is 6.09 Å². The molecule has 0 radical (unpaired) electrons. The first kappa shape index (κ1) is 24.5. The van der Waals surface area contributed by atoms with Crippen LogP contribution >= 0.6 is 0 Å². The van der Waals surface area contributed by atoms with Crippen LogP contribution in [0.3, 0.4) is 0 Å². The summed E-state index contributed by atoms with van der Waals surface area (Å²) in [7, 11) is 0. The summed E-state index contributed by atoms with van der Waals surface area (Å²) in [6.07, 6.45) is 2.57. The number of carbonyl (C=O) groups excluding carboxylic acids is 3. The van der Waals surface area contributed by atoms with Crippen molar-refractivity contribution in [2.45, 2.75) is 52.4 Å². The zero-order valence-corrected chi connectivity index (χ0v) is 19.9. The first-order chi connectivity index (χ1) is 15.9. The fourth-order valence-electron chi connectivity index (χ4n) is 4.29. The standard InChI is InChI=1S/C27H34N2O4/c1-4-5-16-33-27(32)29-15-13-26(31)25(18-29)23-11-10-22(17-19(23)2)24-9-7-6-8-21(24)12-14-28-20(3)30/h6-11,17,25H,4-5,12-16,18H2,1-3H3,(H,28,30)/t25-/m0/s1. The molecule has 2 aromatic rings. The molecule has 2 amide bonds. The Kier molecular flexibility index (Phi) is 8.64. The van der Waals surface area contributed by atoms with E-state index in [0.29, 0.717) is 32.7 Å². The van der Waals surface area contributed by atoms with Gasteiger partial charge in [-0.15, -0.1) is 0 Å². The summed E-state index contributed by atoms with van der Waals surface area (Å²) in [4.78, 5) is 38.0. The summed E-state index contributed by atoms with van der Waals surface area (Å²) in [6.45, 7) is 7.37. The average Bonchev–Trinajstić information content (AvgIpc) is 2.80. The van der Waals surface area contributed by atoms with E-state index in [2.05, 4.69) is 30.4 Å². The smallest absolute Gasteiger partial charge is 0.409 e. The fraction of sp³-hybridized carbons (Fsp3) is 0.444. The molecule has 1 heterocycles. The lowest BCUT2D eigenvalue weighted by Gasteiger charge is -2.32. The van der Waals surface area contributed by atoms with Gasteiger partial charge in [0.15, 0.2) is 0 Å². The Morgan fingerprint density at radius 2 is 1.97 bits per heavy atom. The molecular formula is C27H34N2O4. The van der Waals surface area contributed by atoms with Crippen LogP contribution in [0.25, 0.3) is 11.1 Å². The summed E-state index contributed by atoms with van der Waals surface area (Å²) in [5, 5.41) is 2.85. The van der Waals surface area contributed by atoms with Crippen LogP contribution in [-0.4, -0.2) is 48.9 Å². The van der Waals surface area contributed by atoms with Crippen molar-refractivity contribution < 1.29 is 19.1 Å². The highest BCUT2D eigenvalue weighted by Crippen LogP contribution is 2.31. The van der Waals surface area contributed by atoms with Crippen molar-refractivity contribution in [3.8, 4) is 11.1 Å². The zero-order chi connectivity index (χ0) is 23.8. The first-order valence-corrected chi connectivity index (χ1v) is 11.8. The average molecular weight is 451 g/mol. The number of Topliss-reactive ketones (excluding diaryl/α,β-unsaturated/α-hetero) is 1. The van der Waals surface area contributed by atoms with E-state index in [0.717, 1.165) is 47.1 Å². The van der Waals surface area contributed by atoms with Gasteiger partial charge in [0.05, 0.1) is 12.5 Å². The van der Waals surface area contributed by atoms with Crippen LogP contribution in [0.1, 0.15) is 55.7 Å². The molecule has 0 aliphatic carbocycles. The van der Waals surface area contributed by atoms with Gasteiger partial charge in [-0.1, -0.05) is 55.8 Å². The number of piperidine rings is 1. The van der Waals surface area contributed by atoms with Crippen molar-refractivity contribution >= 4 is 17.8 Å². The van der Waals surface area contributed by atoms with E-state index in [9.17, 15) is 14.4 Å². The number of aryl methyl sites for hydroxylation is 1. The van der Waals surface area contributed by atoms with Gasteiger partial charge in [-0.2, -0.15) is 0 Å². The number of unbranched alkanes of at least 4 members (excludes halogenated alkanes) is 1. The SMILES string of the molecule is CCCCOC(=O)N1CCC(=O)[C@H](c2ccc(-c3ccccc3CCNC(C)=O)cc2C)C1. The molecule has 0 unspecified atom stereocenters. The third-order valence-corrected chi connectivity index (χ3v) is 6.14. The molecule has 0 aromatic heterocycles. The maximum absolute atomic E-state index is 12.7. The Labute approximate surface area is 196 Å².